The normalized spacial score (nSPS) is 12.1. The number of phenolic OH excluding ortho intramolecular Hbond substituents is 1. The van der Waals surface area contributed by atoms with E-state index in [1.807, 2.05) is 6.92 Å². The number of aromatic hydroxyl groups is 1. The zero-order valence-electron chi connectivity index (χ0n) is 12.8. The maximum absolute atomic E-state index is 12.8. The number of para-hydroxylation sites is 1. The molecule has 0 aliphatic carbocycles. The van der Waals surface area contributed by atoms with E-state index in [-0.39, 0.29) is 36.4 Å². The Balaban J connectivity index is 2.34. The summed E-state index contributed by atoms with van der Waals surface area (Å²) < 4.78 is 5.31. The molecule has 2 aromatic rings. The van der Waals surface area contributed by atoms with Crippen LogP contribution >= 0.6 is 0 Å². The maximum Gasteiger partial charge on any atom is 0.258 e. The zero-order valence-corrected chi connectivity index (χ0v) is 12.8. The Morgan fingerprint density at radius 3 is 2.68 bits per heavy atom. The van der Waals surface area contributed by atoms with Gasteiger partial charge in [0.05, 0.1) is 31.0 Å². The molecule has 0 bridgehead atoms. The first-order valence-corrected chi connectivity index (χ1v) is 7.31. The highest BCUT2D eigenvalue weighted by atomic mass is 16.3. The van der Waals surface area contributed by atoms with Gasteiger partial charge in [-0.05, 0) is 37.1 Å². The van der Waals surface area contributed by atoms with Gasteiger partial charge in [-0.1, -0.05) is 19.1 Å². The standard InChI is InChI=1S/C17H21NO4/c1-3-13(11-19)18(10-14-7-5-9-22-14)17(21)15-8-4-6-12(2)16(15)20/h4-9,13,19-20H,3,10-11H2,1-2H3/t13-/m1/s1. The van der Waals surface area contributed by atoms with E-state index in [0.29, 0.717) is 17.7 Å². The molecule has 0 spiro atoms. The molecule has 0 aliphatic heterocycles. The van der Waals surface area contributed by atoms with Gasteiger partial charge in [0.15, 0.2) is 0 Å². The van der Waals surface area contributed by atoms with Gasteiger partial charge >= 0.3 is 0 Å². The molecule has 5 heteroatoms. The van der Waals surface area contributed by atoms with Crippen molar-refractivity contribution < 1.29 is 19.4 Å². The number of carbonyl (C=O) groups excluding carboxylic acids is 1. The molecule has 1 aromatic carbocycles. The molecule has 1 heterocycles. The van der Waals surface area contributed by atoms with Crippen LogP contribution in [0.3, 0.4) is 0 Å². The summed E-state index contributed by atoms with van der Waals surface area (Å²) in [6, 6.07) is 8.25. The van der Waals surface area contributed by atoms with Crippen LogP contribution < -0.4 is 0 Å². The van der Waals surface area contributed by atoms with E-state index in [1.165, 1.54) is 4.90 Å². The van der Waals surface area contributed by atoms with Gasteiger partial charge in [0.25, 0.3) is 5.91 Å². The van der Waals surface area contributed by atoms with E-state index in [1.54, 1.807) is 43.5 Å². The Morgan fingerprint density at radius 1 is 1.32 bits per heavy atom. The summed E-state index contributed by atoms with van der Waals surface area (Å²) in [6.45, 7) is 3.75. The number of amides is 1. The smallest absolute Gasteiger partial charge is 0.258 e. The van der Waals surface area contributed by atoms with E-state index in [2.05, 4.69) is 0 Å². The summed E-state index contributed by atoms with van der Waals surface area (Å²) in [5, 5.41) is 19.7. The van der Waals surface area contributed by atoms with Gasteiger partial charge in [0, 0.05) is 0 Å². The molecule has 0 radical (unpaired) electrons. The van der Waals surface area contributed by atoms with E-state index in [9.17, 15) is 15.0 Å². The second kappa shape index (κ2) is 7.13. The van der Waals surface area contributed by atoms with Crippen LogP contribution in [0.2, 0.25) is 0 Å². The average Bonchev–Trinajstić information content (AvgIpc) is 3.02. The minimum absolute atomic E-state index is 0.0234. The third-order valence-corrected chi connectivity index (χ3v) is 3.76. The fraction of sp³-hybridized carbons (Fsp3) is 0.353. The van der Waals surface area contributed by atoms with E-state index in [4.69, 9.17) is 4.42 Å². The van der Waals surface area contributed by atoms with Crippen molar-refractivity contribution in [3.63, 3.8) is 0 Å². The molecular weight excluding hydrogens is 282 g/mol. The molecule has 0 unspecified atom stereocenters. The Kier molecular flexibility index (Phi) is 5.22. The quantitative estimate of drug-likeness (QED) is 0.860. The van der Waals surface area contributed by atoms with Gasteiger partial charge in [0.1, 0.15) is 11.5 Å². The molecule has 2 N–H and O–H groups in total. The lowest BCUT2D eigenvalue weighted by Crippen LogP contribution is -2.41. The molecule has 1 aromatic heterocycles. The summed E-state index contributed by atoms with van der Waals surface area (Å²) in [5.41, 5.74) is 0.874. The minimum atomic E-state index is -0.336. The van der Waals surface area contributed by atoms with Crippen LogP contribution in [0.15, 0.2) is 41.0 Å². The maximum atomic E-state index is 12.8. The first-order valence-electron chi connectivity index (χ1n) is 7.31. The number of rotatable bonds is 6. The van der Waals surface area contributed by atoms with Crippen molar-refractivity contribution in [3.8, 4) is 5.75 Å². The van der Waals surface area contributed by atoms with Gasteiger partial charge < -0.3 is 19.5 Å². The summed E-state index contributed by atoms with van der Waals surface area (Å²) in [5.74, 6) is 0.288. The number of phenols is 1. The first-order chi connectivity index (χ1) is 10.6. The Labute approximate surface area is 129 Å². The summed E-state index contributed by atoms with van der Waals surface area (Å²) in [6.07, 6.45) is 2.15. The number of hydrogen-bond acceptors (Lipinski definition) is 4. The SMILES string of the molecule is CC[C@H](CO)N(Cc1ccco1)C(=O)c1cccc(C)c1O. The number of hydrogen-bond donors (Lipinski definition) is 2. The fourth-order valence-corrected chi connectivity index (χ4v) is 2.37. The van der Waals surface area contributed by atoms with Crippen LogP contribution in [-0.2, 0) is 6.54 Å². The van der Waals surface area contributed by atoms with E-state index >= 15 is 0 Å². The van der Waals surface area contributed by atoms with Crippen LogP contribution in [-0.4, -0.2) is 33.7 Å². The minimum Gasteiger partial charge on any atom is -0.507 e. The molecule has 118 valence electrons. The van der Waals surface area contributed by atoms with Gasteiger partial charge in [-0.25, -0.2) is 0 Å². The molecular formula is C17H21NO4. The lowest BCUT2D eigenvalue weighted by Gasteiger charge is -2.29. The lowest BCUT2D eigenvalue weighted by atomic mass is 10.1. The second-order valence-corrected chi connectivity index (χ2v) is 5.23. The molecule has 2 rings (SSSR count). The van der Waals surface area contributed by atoms with Gasteiger partial charge in [-0.2, -0.15) is 0 Å². The molecule has 0 saturated heterocycles. The summed E-state index contributed by atoms with van der Waals surface area (Å²) in [4.78, 5) is 14.4. The number of furan rings is 1. The lowest BCUT2D eigenvalue weighted by molar-refractivity contribution is 0.0542. The number of carbonyl (C=O) groups is 1. The molecule has 0 aliphatic rings. The van der Waals surface area contributed by atoms with Crippen molar-refractivity contribution in [2.75, 3.05) is 6.61 Å². The molecule has 1 amide bonds. The number of aliphatic hydroxyl groups excluding tert-OH is 1. The highest BCUT2D eigenvalue weighted by molar-refractivity contribution is 5.97. The predicted molar refractivity (Wildman–Crippen MR) is 82.6 cm³/mol. The molecule has 22 heavy (non-hydrogen) atoms. The van der Waals surface area contributed by atoms with Crippen LogP contribution in [0.4, 0.5) is 0 Å². The van der Waals surface area contributed by atoms with Crippen molar-refractivity contribution in [1.82, 2.24) is 4.90 Å². The first kappa shape index (κ1) is 16.1. The summed E-state index contributed by atoms with van der Waals surface area (Å²) >= 11 is 0. The Bertz CT molecular complexity index is 618. The predicted octanol–water partition coefficient (Wildman–Crippen LogP) is 2.71. The fourth-order valence-electron chi connectivity index (χ4n) is 2.37. The van der Waals surface area contributed by atoms with Crippen LogP contribution in [0.5, 0.6) is 5.75 Å². The monoisotopic (exact) mass is 303 g/mol. The Morgan fingerprint density at radius 2 is 2.09 bits per heavy atom. The largest absolute Gasteiger partial charge is 0.507 e. The number of benzene rings is 1. The van der Waals surface area contributed by atoms with E-state index in [0.717, 1.165) is 0 Å². The average molecular weight is 303 g/mol. The molecule has 0 fully saturated rings. The van der Waals surface area contributed by atoms with E-state index < -0.39 is 0 Å². The Hall–Kier alpha value is -2.27. The zero-order chi connectivity index (χ0) is 16.1. The van der Waals surface area contributed by atoms with Crippen molar-refractivity contribution in [2.45, 2.75) is 32.9 Å². The second-order valence-electron chi connectivity index (χ2n) is 5.23. The van der Waals surface area contributed by atoms with Crippen molar-refractivity contribution in [3.05, 3.63) is 53.5 Å². The van der Waals surface area contributed by atoms with Crippen LogP contribution in [0.1, 0.15) is 35.0 Å². The summed E-state index contributed by atoms with van der Waals surface area (Å²) in [7, 11) is 0. The van der Waals surface area contributed by atoms with Gasteiger partial charge in [-0.15, -0.1) is 0 Å². The van der Waals surface area contributed by atoms with Crippen molar-refractivity contribution in [2.24, 2.45) is 0 Å². The highest BCUT2D eigenvalue weighted by Gasteiger charge is 2.26. The van der Waals surface area contributed by atoms with Crippen LogP contribution in [0.25, 0.3) is 0 Å². The van der Waals surface area contributed by atoms with Crippen molar-refractivity contribution >= 4 is 5.91 Å². The van der Waals surface area contributed by atoms with Crippen LogP contribution in [0, 0.1) is 6.92 Å². The number of aryl methyl sites for hydroxylation is 1. The van der Waals surface area contributed by atoms with Gasteiger partial charge in [0.2, 0.25) is 0 Å². The third-order valence-electron chi connectivity index (χ3n) is 3.76. The molecule has 5 nitrogen and oxygen atoms in total. The third kappa shape index (κ3) is 3.31. The molecule has 1 atom stereocenters. The highest BCUT2D eigenvalue weighted by Crippen LogP contribution is 2.25. The van der Waals surface area contributed by atoms with Gasteiger partial charge in [-0.3, -0.25) is 4.79 Å². The molecule has 0 saturated carbocycles. The number of aliphatic hydroxyl groups is 1. The number of nitrogens with zero attached hydrogens (tertiary/aromatic N) is 1. The van der Waals surface area contributed by atoms with Crippen molar-refractivity contribution in [1.29, 1.82) is 0 Å². The topological polar surface area (TPSA) is 73.9 Å².